The zero-order valence-corrected chi connectivity index (χ0v) is 8.55. The highest BCUT2D eigenvalue weighted by Gasteiger charge is 2.17. The molecule has 6 N–H and O–H groups in total. The molecule has 0 aliphatic carbocycles. The van der Waals surface area contributed by atoms with Crippen LogP contribution in [0.1, 0.15) is 5.56 Å². The number of aromatic hydroxyl groups is 2. The minimum atomic E-state index is -0.967. The van der Waals surface area contributed by atoms with E-state index in [2.05, 4.69) is 5.43 Å². The summed E-state index contributed by atoms with van der Waals surface area (Å²) in [5.74, 6) is 2.94. The van der Waals surface area contributed by atoms with E-state index < -0.39 is 11.9 Å². The van der Waals surface area contributed by atoms with Crippen LogP contribution in [-0.4, -0.2) is 27.8 Å². The van der Waals surface area contributed by atoms with E-state index in [-0.39, 0.29) is 24.5 Å². The van der Waals surface area contributed by atoms with Crippen LogP contribution in [0.2, 0.25) is 0 Å². The molecule has 1 aromatic rings. The number of aliphatic carboxylic acids is 1. The fourth-order valence-electron chi connectivity index (χ4n) is 1.37. The van der Waals surface area contributed by atoms with Crippen molar-refractivity contribution in [3.63, 3.8) is 0 Å². The molecule has 0 aliphatic rings. The van der Waals surface area contributed by atoms with Crippen molar-refractivity contribution in [2.75, 3.05) is 6.54 Å². The molecule has 0 aliphatic heterocycles. The highest BCUT2D eigenvalue weighted by molar-refractivity contribution is 5.70. The first kappa shape index (κ1) is 12.3. The summed E-state index contributed by atoms with van der Waals surface area (Å²) in [4.78, 5) is 10.8. The number of carbonyl (C=O) groups is 1. The summed E-state index contributed by atoms with van der Waals surface area (Å²) < 4.78 is 0. The van der Waals surface area contributed by atoms with Crippen molar-refractivity contribution in [3.05, 3.63) is 23.8 Å². The van der Waals surface area contributed by atoms with Gasteiger partial charge in [-0.05, 0) is 24.1 Å². The largest absolute Gasteiger partial charge is 0.504 e. The van der Waals surface area contributed by atoms with Crippen molar-refractivity contribution in [1.82, 2.24) is 5.43 Å². The molecule has 0 radical (unpaired) electrons. The maximum Gasteiger partial charge on any atom is 0.308 e. The average Bonchev–Trinajstić information content (AvgIpc) is 2.22. The van der Waals surface area contributed by atoms with Crippen LogP contribution in [0.5, 0.6) is 11.5 Å². The van der Waals surface area contributed by atoms with Crippen molar-refractivity contribution in [2.24, 2.45) is 11.8 Å². The zero-order chi connectivity index (χ0) is 12.1. The molecule has 0 amide bonds. The predicted molar refractivity (Wildman–Crippen MR) is 56.8 cm³/mol. The van der Waals surface area contributed by atoms with Crippen LogP contribution in [0.4, 0.5) is 0 Å². The fraction of sp³-hybridized carbons (Fsp3) is 0.300. The number of phenols is 2. The second-order valence-corrected chi connectivity index (χ2v) is 3.47. The van der Waals surface area contributed by atoms with Crippen molar-refractivity contribution in [2.45, 2.75) is 6.42 Å². The fourth-order valence-corrected chi connectivity index (χ4v) is 1.37. The Balaban J connectivity index is 2.77. The number of rotatable bonds is 5. The molecule has 0 fully saturated rings. The molecule has 0 saturated carbocycles. The van der Waals surface area contributed by atoms with Crippen molar-refractivity contribution in [1.29, 1.82) is 0 Å². The third-order valence-electron chi connectivity index (χ3n) is 2.24. The summed E-state index contributed by atoms with van der Waals surface area (Å²) >= 11 is 0. The molecule has 0 heterocycles. The van der Waals surface area contributed by atoms with Crippen LogP contribution in [0, 0.1) is 5.92 Å². The lowest BCUT2D eigenvalue weighted by Crippen LogP contribution is -2.34. The number of hydrazine groups is 1. The number of hydrogen-bond acceptors (Lipinski definition) is 5. The lowest BCUT2D eigenvalue weighted by Gasteiger charge is -2.11. The second-order valence-electron chi connectivity index (χ2n) is 3.47. The van der Waals surface area contributed by atoms with Gasteiger partial charge in [0, 0.05) is 6.54 Å². The molecule has 16 heavy (non-hydrogen) atoms. The molecule has 0 bridgehead atoms. The molecule has 0 aromatic heterocycles. The standard InChI is InChI=1S/C10H14N2O4/c11-12-5-7(10(15)16)3-6-1-2-8(13)9(14)4-6/h1-2,4,7,12-14H,3,5,11H2,(H,15,16). The Bertz CT molecular complexity index is 381. The van der Waals surface area contributed by atoms with Gasteiger partial charge in [0.15, 0.2) is 11.5 Å². The number of nitrogens with two attached hydrogens (primary N) is 1. The van der Waals surface area contributed by atoms with Gasteiger partial charge in [-0.1, -0.05) is 6.07 Å². The zero-order valence-electron chi connectivity index (χ0n) is 8.55. The van der Waals surface area contributed by atoms with Gasteiger partial charge in [0.1, 0.15) is 0 Å². The Labute approximate surface area is 92.3 Å². The lowest BCUT2D eigenvalue weighted by atomic mass is 9.99. The van der Waals surface area contributed by atoms with E-state index >= 15 is 0 Å². The van der Waals surface area contributed by atoms with Gasteiger partial charge in [0.05, 0.1) is 5.92 Å². The quantitative estimate of drug-likeness (QED) is 0.270. The summed E-state index contributed by atoms with van der Waals surface area (Å²) in [6.45, 7) is 0.136. The highest BCUT2D eigenvalue weighted by atomic mass is 16.4. The van der Waals surface area contributed by atoms with E-state index in [9.17, 15) is 9.90 Å². The van der Waals surface area contributed by atoms with Crippen molar-refractivity contribution < 1.29 is 20.1 Å². The molecular formula is C10H14N2O4. The minimum absolute atomic E-state index is 0.136. The summed E-state index contributed by atoms with van der Waals surface area (Å²) in [5.41, 5.74) is 2.93. The number of hydrogen-bond donors (Lipinski definition) is 5. The summed E-state index contributed by atoms with van der Waals surface area (Å²) in [5, 5.41) is 27.2. The topological polar surface area (TPSA) is 116 Å². The molecular weight excluding hydrogens is 212 g/mol. The number of benzene rings is 1. The van der Waals surface area contributed by atoms with E-state index in [1.165, 1.54) is 12.1 Å². The first-order valence-electron chi connectivity index (χ1n) is 4.71. The Morgan fingerprint density at radius 1 is 1.38 bits per heavy atom. The van der Waals surface area contributed by atoms with E-state index in [4.69, 9.17) is 16.1 Å². The van der Waals surface area contributed by atoms with Crippen molar-refractivity contribution >= 4 is 5.97 Å². The van der Waals surface area contributed by atoms with Gasteiger partial charge in [-0.25, -0.2) is 0 Å². The van der Waals surface area contributed by atoms with E-state index in [0.717, 1.165) is 0 Å². The van der Waals surface area contributed by atoms with Crippen LogP contribution in [0.3, 0.4) is 0 Å². The van der Waals surface area contributed by atoms with Crippen LogP contribution >= 0.6 is 0 Å². The molecule has 6 nitrogen and oxygen atoms in total. The molecule has 1 aromatic carbocycles. The number of carboxylic acids is 1. The van der Waals surface area contributed by atoms with Crippen LogP contribution < -0.4 is 11.3 Å². The second kappa shape index (κ2) is 5.34. The molecule has 1 unspecified atom stereocenters. The Morgan fingerprint density at radius 2 is 2.06 bits per heavy atom. The number of carboxylic acid groups (broad SMARTS) is 1. The summed E-state index contributed by atoms with van der Waals surface area (Å²) in [6, 6.07) is 4.21. The molecule has 1 rings (SSSR count). The lowest BCUT2D eigenvalue weighted by molar-refractivity contribution is -0.141. The van der Waals surface area contributed by atoms with Crippen LogP contribution in [-0.2, 0) is 11.2 Å². The first-order valence-corrected chi connectivity index (χ1v) is 4.71. The predicted octanol–water partition coefficient (Wildman–Crippen LogP) is -0.196. The van der Waals surface area contributed by atoms with E-state index in [1.54, 1.807) is 6.07 Å². The molecule has 0 saturated heterocycles. The van der Waals surface area contributed by atoms with E-state index in [0.29, 0.717) is 5.56 Å². The average molecular weight is 226 g/mol. The van der Waals surface area contributed by atoms with Gasteiger partial charge in [-0.2, -0.15) is 0 Å². The van der Waals surface area contributed by atoms with Crippen LogP contribution in [0.15, 0.2) is 18.2 Å². The van der Waals surface area contributed by atoms with Crippen molar-refractivity contribution in [3.8, 4) is 11.5 Å². The number of nitrogens with one attached hydrogen (secondary N) is 1. The SMILES string of the molecule is NNCC(Cc1ccc(O)c(O)c1)C(=O)O. The highest BCUT2D eigenvalue weighted by Crippen LogP contribution is 2.25. The van der Waals surface area contributed by atoms with Gasteiger partial charge in [-0.3, -0.25) is 16.1 Å². The van der Waals surface area contributed by atoms with Gasteiger partial charge in [0.25, 0.3) is 0 Å². The minimum Gasteiger partial charge on any atom is -0.504 e. The molecule has 0 spiro atoms. The first-order chi connectivity index (χ1) is 7.54. The summed E-state index contributed by atoms with van der Waals surface area (Å²) in [7, 11) is 0. The van der Waals surface area contributed by atoms with Gasteiger partial charge in [0.2, 0.25) is 0 Å². The molecule has 1 atom stereocenters. The molecule has 6 heteroatoms. The van der Waals surface area contributed by atoms with Gasteiger partial charge < -0.3 is 15.3 Å². The van der Waals surface area contributed by atoms with Gasteiger partial charge >= 0.3 is 5.97 Å². The normalized spacial score (nSPS) is 12.3. The van der Waals surface area contributed by atoms with E-state index in [1.807, 2.05) is 0 Å². The molecule has 88 valence electrons. The Kier molecular flexibility index (Phi) is 4.10. The number of phenolic OH excluding ortho intramolecular Hbond substituents is 2. The third kappa shape index (κ3) is 3.11. The third-order valence-corrected chi connectivity index (χ3v) is 2.24. The Morgan fingerprint density at radius 3 is 2.56 bits per heavy atom. The van der Waals surface area contributed by atoms with Crippen LogP contribution in [0.25, 0.3) is 0 Å². The Hall–Kier alpha value is -1.79. The monoisotopic (exact) mass is 226 g/mol. The summed E-state index contributed by atoms with van der Waals surface area (Å²) in [6.07, 6.45) is 0.230. The van der Waals surface area contributed by atoms with Gasteiger partial charge in [-0.15, -0.1) is 0 Å². The maximum absolute atomic E-state index is 10.8. The maximum atomic E-state index is 10.8. The smallest absolute Gasteiger partial charge is 0.308 e.